The number of thiazole rings is 1. The zero-order valence-corrected chi connectivity index (χ0v) is 15.7. The summed E-state index contributed by atoms with van der Waals surface area (Å²) in [6.45, 7) is 0.438. The molecule has 0 bridgehead atoms. The van der Waals surface area contributed by atoms with Crippen molar-refractivity contribution in [2.45, 2.75) is 12.7 Å². The smallest absolute Gasteiger partial charge is 0.357 e. The summed E-state index contributed by atoms with van der Waals surface area (Å²) in [5.74, 6) is -0.498. The number of hydrogen-bond donors (Lipinski definition) is 1. The predicted molar refractivity (Wildman–Crippen MR) is 102 cm³/mol. The van der Waals surface area contributed by atoms with Crippen LogP contribution >= 0.6 is 23.1 Å². The fourth-order valence-corrected chi connectivity index (χ4v) is 3.96. The minimum Gasteiger partial charge on any atom is -0.357 e. The van der Waals surface area contributed by atoms with E-state index < -0.39 is 17.5 Å². The van der Waals surface area contributed by atoms with Crippen LogP contribution in [0.3, 0.4) is 0 Å². The summed E-state index contributed by atoms with van der Waals surface area (Å²) >= 11 is 2.22. The fraction of sp³-hybridized carbons (Fsp3) is 0.111. The number of nitrogens with one attached hydrogen (secondary N) is 1. The van der Waals surface area contributed by atoms with Crippen LogP contribution < -0.4 is 5.32 Å². The Balaban J connectivity index is 1.50. The summed E-state index contributed by atoms with van der Waals surface area (Å²) < 4.78 is 47.0. The van der Waals surface area contributed by atoms with Crippen molar-refractivity contribution in [3.63, 3.8) is 0 Å². The molecule has 1 N–H and O–H groups in total. The summed E-state index contributed by atoms with van der Waals surface area (Å²) in [6.07, 6.45) is -3.14. The average Bonchev–Trinajstić information content (AvgIpc) is 3.35. The fourth-order valence-electron chi connectivity index (χ4n) is 2.62. The number of benzene rings is 2. The van der Waals surface area contributed by atoms with E-state index in [4.69, 9.17) is 0 Å². The van der Waals surface area contributed by atoms with Gasteiger partial charge in [-0.25, -0.2) is 4.98 Å². The second-order valence-electron chi connectivity index (χ2n) is 5.84. The van der Waals surface area contributed by atoms with Gasteiger partial charge >= 0.3 is 6.18 Å². The van der Waals surface area contributed by atoms with E-state index >= 15 is 0 Å². The highest BCUT2D eigenvalue weighted by atomic mass is 32.1. The van der Waals surface area contributed by atoms with Crippen LogP contribution in [0.5, 0.6) is 0 Å². The number of nitrogens with zero attached hydrogens (tertiary/aromatic N) is 3. The molecule has 0 saturated heterocycles. The first-order valence-corrected chi connectivity index (χ1v) is 9.58. The standard InChI is InChI=1S/C18H11F3N4OS2/c19-18(20,21)12-5-1-3-10(7-12)16(26)14-9-23-17(27-14)22-8-11-4-2-6-13-15(11)25-28-24-13/h1-7,9H,8H2,(H,22,23). The quantitative estimate of drug-likeness (QED) is 0.460. The minimum absolute atomic E-state index is 0.0247. The Hall–Kier alpha value is -2.85. The Morgan fingerprint density at radius 1 is 1.11 bits per heavy atom. The maximum absolute atomic E-state index is 12.8. The van der Waals surface area contributed by atoms with Crippen molar-refractivity contribution >= 4 is 45.0 Å². The highest BCUT2D eigenvalue weighted by Crippen LogP contribution is 2.30. The van der Waals surface area contributed by atoms with Gasteiger partial charge in [0.2, 0.25) is 5.78 Å². The molecule has 2 heterocycles. The maximum atomic E-state index is 12.8. The topological polar surface area (TPSA) is 67.8 Å². The molecule has 0 saturated carbocycles. The van der Waals surface area contributed by atoms with Crippen molar-refractivity contribution in [2.24, 2.45) is 0 Å². The third-order valence-corrected chi connectivity index (χ3v) is 5.48. The Morgan fingerprint density at radius 3 is 2.75 bits per heavy atom. The molecule has 142 valence electrons. The summed E-state index contributed by atoms with van der Waals surface area (Å²) in [5, 5.41) is 3.61. The lowest BCUT2D eigenvalue weighted by atomic mass is 10.1. The number of rotatable bonds is 5. The lowest BCUT2D eigenvalue weighted by molar-refractivity contribution is -0.137. The minimum atomic E-state index is -4.50. The lowest BCUT2D eigenvalue weighted by Gasteiger charge is -2.07. The molecule has 0 unspecified atom stereocenters. The molecule has 5 nitrogen and oxygen atoms in total. The third kappa shape index (κ3) is 3.73. The molecule has 0 atom stereocenters. The van der Waals surface area contributed by atoms with Crippen LogP contribution in [0.15, 0.2) is 48.7 Å². The molecular weight excluding hydrogens is 409 g/mol. The number of ketones is 1. The van der Waals surface area contributed by atoms with Gasteiger partial charge in [0, 0.05) is 17.7 Å². The van der Waals surface area contributed by atoms with Crippen molar-refractivity contribution in [1.82, 2.24) is 13.7 Å². The number of hydrogen-bond acceptors (Lipinski definition) is 7. The van der Waals surface area contributed by atoms with Gasteiger partial charge in [-0.15, -0.1) is 0 Å². The van der Waals surface area contributed by atoms with Crippen LogP contribution in [0.4, 0.5) is 18.3 Å². The van der Waals surface area contributed by atoms with Crippen LogP contribution in [0.2, 0.25) is 0 Å². The maximum Gasteiger partial charge on any atom is 0.416 e. The van der Waals surface area contributed by atoms with E-state index in [9.17, 15) is 18.0 Å². The van der Waals surface area contributed by atoms with E-state index in [2.05, 4.69) is 19.0 Å². The zero-order valence-electron chi connectivity index (χ0n) is 14.0. The number of carbonyl (C=O) groups excluding carboxylic acids is 1. The van der Waals surface area contributed by atoms with Crippen LogP contribution in [0.25, 0.3) is 11.0 Å². The van der Waals surface area contributed by atoms with Crippen LogP contribution in [0, 0.1) is 0 Å². The molecule has 0 aliphatic rings. The Labute approximate surface area is 165 Å². The summed E-state index contributed by atoms with van der Waals surface area (Å²) in [5.41, 5.74) is 1.67. The van der Waals surface area contributed by atoms with Gasteiger partial charge < -0.3 is 5.32 Å². The number of anilines is 1. The molecule has 0 aliphatic heterocycles. The number of carbonyl (C=O) groups is 1. The second kappa shape index (κ2) is 7.28. The Morgan fingerprint density at radius 2 is 1.93 bits per heavy atom. The molecule has 10 heteroatoms. The summed E-state index contributed by atoms with van der Waals surface area (Å²) in [7, 11) is 0. The predicted octanol–water partition coefficient (Wildman–Crippen LogP) is 5.01. The highest BCUT2D eigenvalue weighted by Gasteiger charge is 2.31. The van der Waals surface area contributed by atoms with Gasteiger partial charge in [0.1, 0.15) is 11.0 Å². The molecule has 0 fully saturated rings. The van der Waals surface area contributed by atoms with Crippen molar-refractivity contribution in [1.29, 1.82) is 0 Å². The number of fused-ring (bicyclic) bond motifs is 1. The van der Waals surface area contributed by atoms with Crippen LogP contribution in [0.1, 0.15) is 26.4 Å². The van der Waals surface area contributed by atoms with Gasteiger partial charge in [-0.3, -0.25) is 4.79 Å². The molecule has 0 spiro atoms. The van der Waals surface area contributed by atoms with Crippen molar-refractivity contribution < 1.29 is 18.0 Å². The Kier molecular flexibility index (Phi) is 4.82. The van der Waals surface area contributed by atoms with Gasteiger partial charge in [0.05, 0.1) is 28.4 Å². The SMILES string of the molecule is O=C(c1cccc(C(F)(F)F)c1)c1cnc(NCc2cccc3nsnc23)s1. The van der Waals surface area contributed by atoms with Gasteiger partial charge in [0.15, 0.2) is 5.13 Å². The second-order valence-corrected chi connectivity index (χ2v) is 7.40. The van der Waals surface area contributed by atoms with Gasteiger partial charge in [-0.05, 0) is 18.2 Å². The summed E-state index contributed by atoms with van der Waals surface area (Å²) in [6, 6.07) is 10.0. The summed E-state index contributed by atoms with van der Waals surface area (Å²) in [4.78, 5) is 16.9. The molecule has 2 aromatic carbocycles. The number of aromatic nitrogens is 3. The first-order valence-electron chi connectivity index (χ1n) is 8.03. The Bertz CT molecular complexity index is 1150. The molecular formula is C18H11F3N4OS2. The van der Waals surface area contributed by atoms with E-state index in [0.29, 0.717) is 11.7 Å². The van der Waals surface area contributed by atoms with Crippen molar-refractivity contribution in [3.05, 3.63) is 70.2 Å². The van der Waals surface area contributed by atoms with Crippen LogP contribution in [-0.4, -0.2) is 19.5 Å². The van der Waals surface area contributed by atoms with Crippen molar-refractivity contribution in [3.8, 4) is 0 Å². The molecule has 0 amide bonds. The third-order valence-electron chi connectivity index (χ3n) is 3.98. The first-order chi connectivity index (χ1) is 13.4. The molecule has 4 rings (SSSR count). The van der Waals surface area contributed by atoms with E-state index in [1.54, 1.807) is 0 Å². The molecule has 0 radical (unpaired) electrons. The average molecular weight is 420 g/mol. The molecule has 4 aromatic rings. The van der Waals surface area contributed by atoms with E-state index in [1.807, 2.05) is 18.2 Å². The van der Waals surface area contributed by atoms with Gasteiger partial charge in [-0.2, -0.15) is 21.9 Å². The monoisotopic (exact) mass is 420 g/mol. The largest absolute Gasteiger partial charge is 0.416 e. The van der Waals surface area contributed by atoms with Gasteiger partial charge in [0.25, 0.3) is 0 Å². The number of halogens is 3. The number of alkyl halides is 3. The highest BCUT2D eigenvalue weighted by molar-refractivity contribution is 7.17. The zero-order chi connectivity index (χ0) is 19.7. The molecule has 28 heavy (non-hydrogen) atoms. The van der Waals surface area contributed by atoms with Crippen LogP contribution in [-0.2, 0) is 12.7 Å². The van der Waals surface area contributed by atoms with E-state index in [0.717, 1.165) is 51.8 Å². The normalized spacial score (nSPS) is 11.7. The van der Waals surface area contributed by atoms with E-state index in [1.165, 1.54) is 18.3 Å². The lowest BCUT2D eigenvalue weighted by Crippen LogP contribution is -2.07. The molecule has 0 aliphatic carbocycles. The van der Waals surface area contributed by atoms with E-state index in [-0.39, 0.29) is 10.4 Å². The van der Waals surface area contributed by atoms with Crippen molar-refractivity contribution in [2.75, 3.05) is 5.32 Å². The van der Waals surface area contributed by atoms with Gasteiger partial charge in [-0.1, -0.05) is 35.6 Å². The molecule has 2 aromatic heterocycles. The first kappa shape index (κ1) is 18.5.